The van der Waals surface area contributed by atoms with Crippen molar-refractivity contribution in [3.05, 3.63) is 89.5 Å². The van der Waals surface area contributed by atoms with Gasteiger partial charge in [-0.15, -0.1) is 0 Å². The predicted molar refractivity (Wildman–Crippen MR) is 169 cm³/mol. The van der Waals surface area contributed by atoms with Gasteiger partial charge in [-0.25, -0.2) is 43.7 Å². The fourth-order valence-electron chi connectivity index (χ4n) is 5.10. The van der Waals surface area contributed by atoms with Gasteiger partial charge in [-0.1, -0.05) is 43.3 Å². The van der Waals surface area contributed by atoms with E-state index in [1.807, 2.05) is 0 Å². The number of nitrogens with zero attached hydrogens (tertiary/aromatic N) is 6. The predicted octanol–water partition coefficient (Wildman–Crippen LogP) is 5.20. The Kier molecular flexibility index (Phi) is 12.4. The van der Waals surface area contributed by atoms with Crippen molar-refractivity contribution in [3.8, 4) is 0 Å². The fraction of sp³-hybridized carbons (Fsp3) is 0.250. The smallest absolute Gasteiger partial charge is 0.412 e. The number of anilines is 3. The topological polar surface area (TPSA) is 210 Å². The first-order valence-electron chi connectivity index (χ1n) is 14.0. The van der Waals surface area contributed by atoms with Gasteiger partial charge in [-0.3, -0.25) is 14.7 Å². The Balaban J connectivity index is 2.28. The van der Waals surface area contributed by atoms with Gasteiger partial charge in [0.2, 0.25) is 18.2 Å². The van der Waals surface area contributed by atoms with Crippen molar-refractivity contribution in [1.82, 2.24) is 0 Å². The molecule has 242 valence electrons. The summed E-state index contributed by atoms with van der Waals surface area (Å²) in [6.45, 7) is 0.207. The molecular weight excluding hydrogens is 612 g/mol. The normalized spacial score (nSPS) is 11.4. The number of isocyanates is 3. The summed E-state index contributed by atoms with van der Waals surface area (Å²) < 4.78 is 0. The lowest BCUT2D eigenvalue weighted by Gasteiger charge is -2.46. The van der Waals surface area contributed by atoms with Crippen molar-refractivity contribution in [2.75, 3.05) is 27.8 Å². The van der Waals surface area contributed by atoms with Gasteiger partial charge >= 0.3 is 18.3 Å². The molecule has 3 aromatic rings. The molecule has 0 unspecified atom stereocenters. The number of amides is 3. The highest BCUT2D eigenvalue weighted by atomic mass is 16.4. The van der Waals surface area contributed by atoms with Gasteiger partial charge in [-0.05, 0) is 59.5 Å². The van der Waals surface area contributed by atoms with Gasteiger partial charge in [0.1, 0.15) is 0 Å². The Morgan fingerprint density at radius 2 is 0.979 bits per heavy atom. The molecule has 3 aromatic carbocycles. The molecule has 0 heterocycles. The number of hydrogen-bond donors (Lipinski definition) is 3. The van der Waals surface area contributed by atoms with Crippen LogP contribution in [-0.2, 0) is 34.0 Å². The Morgan fingerprint density at radius 1 is 0.617 bits per heavy atom. The Hall–Kier alpha value is -6.39. The molecule has 15 nitrogen and oxygen atoms in total. The van der Waals surface area contributed by atoms with Crippen molar-refractivity contribution in [3.63, 3.8) is 0 Å². The summed E-state index contributed by atoms with van der Waals surface area (Å²) in [6, 6.07) is 18.2. The highest BCUT2D eigenvalue weighted by molar-refractivity contribution is 5.92. The summed E-state index contributed by atoms with van der Waals surface area (Å²) in [5, 5.41) is 31.5. The van der Waals surface area contributed by atoms with E-state index in [9.17, 15) is 44.1 Å². The molecule has 15 heteroatoms. The van der Waals surface area contributed by atoms with E-state index < -0.39 is 36.9 Å². The van der Waals surface area contributed by atoms with Crippen LogP contribution in [0.3, 0.4) is 0 Å². The molecular formula is C32H30N6O9. The number of aliphatic imine (C=N–C) groups is 3. The minimum Gasteiger partial charge on any atom is -0.465 e. The van der Waals surface area contributed by atoms with Gasteiger partial charge in [0.05, 0.1) is 38.3 Å². The van der Waals surface area contributed by atoms with E-state index in [-0.39, 0.29) is 43.1 Å². The van der Waals surface area contributed by atoms with Crippen LogP contribution in [0.2, 0.25) is 0 Å². The number of hydrogen-bond acceptors (Lipinski definition) is 9. The van der Waals surface area contributed by atoms with Crippen LogP contribution in [-0.4, -0.2) is 70.5 Å². The molecule has 0 aromatic heterocycles. The van der Waals surface area contributed by atoms with E-state index in [2.05, 4.69) is 15.0 Å². The molecule has 0 saturated carbocycles. The molecule has 0 atom stereocenters. The van der Waals surface area contributed by atoms with Crippen LogP contribution in [0.25, 0.3) is 0 Å². The second-order valence-electron chi connectivity index (χ2n) is 10.2. The summed E-state index contributed by atoms with van der Waals surface area (Å²) in [5.41, 5.74) is -0.105. The molecule has 0 fully saturated rings. The molecule has 3 amide bonds. The maximum absolute atomic E-state index is 13.2. The fourth-order valence-corrected chi connectivity index (χ4v) is 5.10. The Bertz CT molecular complexity index is 1680. The Labute approximate surface area is 268 Å². The molecule has 3 rings (SSSR count). The lowest BCUT2D eigenvalue weighted by atomic mass is 9.90. The summed E-state index contributed by atoms with van der Waals surface area (Å²) in [5.74, 6) is 0. The first kappa shape index (κ1) is 35.1. The average molecular weight is 643 g/mol. The lowest BCUT2D eigenvalue weighted by Crippen LogP contribution is -2.64. The zero-order valence-corrected chi connectivity index (χ0v) is 25.1. The van der Waals surface area contributed by atoms with Crippen molar-refractivity contribution in [2.24, 2.45) is 15.0 Å². The third kappa shape index (κ3) is 9.07. The molecule has 3 N–H and O–H groups in total. The van der Waals surface area contributed by atoms with Gasteiger partial charge < -0.3 is 15.3 Å². The first-order chi connectivity index (χ1) is 22.6. The number of benzene rings is 3. The van der Waals surface area contributed by atoms with Crippen LogP contribution in [0.15, 0.2) is 87.8 Å². The molecule has 0 radical (unpaired) electrons. The molecule has 0 spiro atoms. The average Bonchev–Trinajstić information content (AvgIpc) is 3.06. The highest BCUT2D eigenvalue weighted by Crippen LogP contribution is 2.34. The summed E-state index contributed by atoms with van der Waals surface area (Å²) in [4.78, 5) is 84.2. The van der Waals surface area contributed by atoms with E-state index in [4.69, 9.17) is 0 Å². The zero-order chi connectivity index (χ0) is 34.4. The first-order valence-corrected chi connectivity index (χ1v) is 14.0. The minimum atomic E-state index is -1.79. The van der Waals surface area contributed by atoms with Crippen LogP contribution >= 0.6 is 0 Å². The van der Waals surface area contributed by atoms with E-state index >= 15 is 0 Å². The van der Waals surface area contributed by atoms with Crippen LogP contribution < -0.4 is 14.7 Å². The molecule has 0 aliphatic carbocycles. The molecule has 47 heavy (non-hydrogen) atoms. The van der Waals surface area contributed by atoms with E-state index in [1.54, 1.807) is 25.1 Å². The zero-order valence-electron chi connectivity index (χ0n) is 25.1. The molecule has 0 aliphatic rings. The maximum atomic E-state index is 13.2. The lowest BCUT2D eigenvalue weighted by molar-refractivity contribution is 0.182. The maximum Gasteiger partial charge on any atom is 0.412 e. The summed E-state index contributed by atoms with van der Waals surface area (Å²) in [7, 11) is 0. The third-order valence-electron chi connectivity index (χ3n) is 7.28. The van der Waals surface area contributed by atoms with Crippen LogP contribution in [0.5, 0.6) is 0 Å². The SMILES string of the molecule is CCC(CN(C(=O)O)c1cccc(CN=C=O)c1)(CN(C(=O)O)c1cccc(CN=C=O)c1)N(C(=O)O)c1cccc(CN=C=O)c1. The van der Waals surface area contributed by atoms with Gasteiger partial charge in [0.25, 0.3) is 0 Å². The van der Waals surface area contributed by atoms with Crippen LogP contribution in [0.4, 0.5) is 31.4 Å². The van der Waals surface area contributed by atoms with Gasteiger partial charge in [0, 0.05) is 17.1 Å². The standard InChI is InChI=1S/C32H30N6O9/c1-2-32(38(31(46)47)28-11-5-8-25(14-28)17-35-22-41,18-36(29(42)43)26-9-3-6-23(12-26)15-33-20-39)19-37(30(44)45)27-10-4-7-24(13-27)16-34-21-40/h3-14H,2,15-19H2,1H3,(H,42,43)(H,44,45)(H,46,47). The van der Waals surface area contributed by atoms with Crippen LogP contribution in [0, 0.1) is 0 Å². The molecule has 0 aliphatic heterocycles. The highest BCUT2D eigenvalue weighted by Gasteiger charge is 2.45. The van der Waals surface area contributed by atoms with Gasteiger partial charge in [-0.2, -0.15) is 0 Å². The van der Waals surface area contributed by atoms with E-state index in [0.717, 1.165) is 14.7 Å². The quantitative estimate of drug-likeness (QED) is 0.147. The number of carboxylic acid groups (broad SMARTS) is 3. The van der Waals surface area contributed by atoms with E-state index in [0.29, 0.717) is 16.7 Å². The summed E-state index contributed by atoms with van der Waals surface area (Å²) >= 11 is 0. The monoisotopic (exact) mass is 642 g/mol. The number of rotatable bonds is 15. The Morgan fingerprint density at radius 3 is 1.30 bits per heavy atom. The second kappa shape index (κ2) is 16.6. The molecule has 0 bridgehead atoms. The van der Waals surface area contributed by atoms with Crippen molar-refractivity contribution in [2.45, 2.75) is 38.5 Å². The van der Waals surface area contributed by atoms with Crippen molar-refractivity contribution in [1.29, 1.82) is 0 Å². The third-order valence-corrected chi connectivity index (χ3v) is 7.28. The van der Waals surface area contributed by atoms with E-state index in [1.165, 1.54) is 72.8 Å². The second-order valence-corrected chi connectivity index (χ2v) is 10.2. The van der Waals surface area contributed by atoms with Crippen LogP contribution in [0.1, 0.15) is 30.0 Å². The minimum absolute atomic E-state index is 0.0665. The number of carbonyl (C=O) groups excluding carboxylic acids is 3. The number of carbonyl (C=O) groups is 3. The van der Waals surface area contributed by atoms with Gasteiger partial charge in [0.15, 0.2) is 0 Å². The largest absolute Gasteiger partial charge is 0.465 e. The van der Waals surface area contributed by atoms with Crippen molar-refractivity contribution < 1.29 is 44.1 Å². The van der Waals surface area contributed by atoms with Crippen molar-refractivity contribution >= 4 is 53.6 Å². The summed E-state index contributed by atoms with van der Waals surface area (Å²) in [6.07, 6.45) is -0.268. The molecule has 0 saturated heterocycles.